The first-order chi connectivity index (χ1) is 9.84. The number of halogens is 2. The molecule has 0 bridgehead atoms. The van der Waals surface area contributed by atoms with Gasteiger partial charge in [-0.3, -0.25) is 13.9 Å². The fourth-order valence-electron chi connectivity index (χ4n) is 1.58. The fraction of sp³-hybridized carbons (Fsp3) is 0.167. The van der Waals surface area contributed by atoms with Crippen molar-refractivity contribution in [2.75, 3.05) is 0 Å². The molecule has 0 saturated carbocycles. The smallest absolute Gasteiger partial charge is 0.333 e. The minimum Gasteiger partial charge on any atom is -0.493 e. The van der Waals surface area contributed by atoms with Crippen LogP contribution in [0.1, 0.15) is 0 Å². The molecule has 1 aromatic carbocycles. The third-order valence-electron chi connectivity index (χ3n) is 2.80. The first-order valence-corrected chi connectivity index (χ1v) is 6.45. The molecule has 0 fully saturated rings. The minimum atomic E-state index is -0.766. The van der Waals surface area contributed by atoms with Crippen molar-refractivity contribution in [3.8, 4) is 5.88 Å². The summed E-state index contributed by atoms with van der Waals surface area (Å²) in [7, 11) is 2.58. The second kappa shape index (κ2) is 5.71. The number of benzene rings is 1. The third kappa shape index (κ3) is 2.70. The average Bonchev–Trinajstić information content (AvgIpc) is 2.47. The number of azo groups is 1. The summed E-state index contributed by atoms with van der Waals surface area (Å²) < 4.78 is 1.70. The van der Waals surface area contributed by atoms with E-state index in [9.17, 15) is 14.7 Å². The van der Waals surface area contributed by atoms with E-state index in [1.54, 1.807) is 18.2 Å². The van der Waals surface area contributed by atoms with Crippen LogP contribution in [0.2, 0.25) is 10.0 Å². The Morgan fingerprint density at radius 3 is 2.43 bits per heavy atom. The van der Waals surface area contributed by atoms with Crippen LogP contribution in [0, 0.1) is 0 Å². The monoisotopic (exact) mass is 328 g/mol. The Hall–Kier alpha value is -2.12. The SMILES string of the molecule is Cn1c(O)c(N=Nc2cccc(Cl)c2Cl)c(=O)n(C)c1=O. The van der Waals surface area contributed by atoms with Gasteiger partial charge in [0.2, 0.25) is 11.6 Å². The quantitative estimate of drug-likeness (QED) is 0.859. The van der Waals surface area contributed by atoms with Gasteiger partial charge in [0, 0.05) is 14.1 Å². The molecule has 0 radical (unpaired) electrons. The minimum absolute atomic E-state index is 0.170. The molecule has 0 saturated heterocycles. The highest BCUT2D eigenvalue weighted by Gasteiger charge is 2.14. The molecule has 0 unspecified atom stereocenters. The third-order valence-corrected chi connectivity index (χ3v) is 3.61. The molecule has 2 rings (SSSR count). The van der Waals surface area contributed by atoms with Gasteiger partial charge in [-0.25, -0.2) is 4.79 Å². The topological polar surface area (TPSA) is 88.9 Å². The lowest BCUT2D eigenvalue weighted by molar-refractivity contribution is 0.413. The summed E-state index contributed by atoms with van der Waals surface area (Å²) >= 11 is 11.8. The maximum Gasteiger partial charge on any atom is 0.333 e. The first-order valence-electron chi connectivity index (χ1n) is 5.69. The van der Waals surface area contributed by atoms with E-state index in [1.165, 1.54) is 14.1 Å². The Morgan fingerprint density at radius 1 is 1.10 bits per heavy atom. The molecule has 0 aliphatic carbocycles. The summed E-state index contributed by atoms with van der Waals surface area (Å²) in [6.45, 7) is 0. The van der Waals surface area contributed by atoms with Crippen LogP contribution in [0.3, 0.4) is 0 Å². The fourth-order valence-corrected chi connectivity index (χ4v) is 1.91. The van der Waals surface area contributed by atoms with Gasteiger partial charge in [-0.05, 0) is 12.1 Å². The van der Waals surface area contributed by atoms with Crippen molar-refractivity contribution in [3.63, 3.8) is 0 Å². The summed E-state index contributed by atoms with van der Waals surface area (Å²) in [5.74, 6) is -0.579. The number of hydrogen-bond donors (Lipinski definition) is 1. The zero-order valence-corrected chi connectivity index (χ0v) is 12.6. The van der Waals surface area contributed by atoms with E-state index in [1.807, 2.05) is 0 Å². The Labute approximate surface area is 128 Å². The Bertz CT molecular complexity index is 855. The number of nitrogens with zero attached hydrogens (tertiary/aromatic N) is 4. The van der Waals surface area contributed by atoms with Crippen molar-refractivity contribution in [3.05, 3.63) is 49.1 Å². The number of rotatable bonds is 2. The van der Waals surface area contributed by atoms with Crippen LogP contribution in [-0.4, -0.2) is 14.2 Å². The van der Waals surface area contributed by atoms with Crippen molar-refractivity contribution in [2.45, 2.75) is 0 Å². The van der Waals surface area contributed by atoms with Gasteiger partial charge in [-0.15, -0.1) is 10.2 Å². The zero-order valence-electron chi connectivity index (χ0n) is 11.0. The summed E-state index contributed by atoms with van der Waals surface area (Å²) in [5, 5.41) is 17.7. The summed E-state index contributed by atoms with van der Waals surface area (Å²) in [4.78, 5) is 23.5. The Morgan fingerprint density at radius 2 is 1.76 bits per heavy atom. The van der Waals surface area contributed by atoms with Crippen LogP contribution in [0.15, 0.2) is 38.0 Å². The molecule has 0 aliphatic rings. The Balaban J connectivity index is 2.60. The number of aromatic nitrogens is 2. The van der Waals surface area contributed by atoms with Crippen molar-refractivity contribution < 1.29 is 5.11 Å². The standard InChI is InChI=1S/C12H10Cl2N4O3/c1-17-10(19)9(11(20)18(2)12(17)21)16-15-7-5-3-4-6(13)8(7)14/h3-5,19H,1-2H3. The van der Waals surface area contributed by atoms with E-state index in [0.717, 1.165) is 9.13 Å². The molecule has 0 atom stereocenters. The van der Waals surface area contributed by atoms with Gasteiger partial charge in [0.25, 0.3) is 5.56 Å². The number of hydrogen-bond acceptors (Lipinski definition) is 5. The summed E-state index contributed by atoms with van der Waals surface area (Å²) in [6.07, 6.45) is 0. The summed E-state index contributed by atoms with van der Waals surface area (Å²) in [6, 6.07) is 4.73. The molecule has 0 spiro atoms. The molecule has 9 heteroatoms. The second-order valence-corrected chi connectivity index (χ2v) is 4.94. The maximum atomic E-state index is 11.9. The van der Waals surface area contributed by atoms with Gasteiger partial charge in [0.15, 0.2) is 0 Å². The predicted octanol–water partition coefficient (Wildman–Crippen LogP) is 2.51. The molecule has 1 N–H and O–H groups in total. The van der Waals surface area contributed by atoms with Gasteiger partial charge in [0.1, 0.15) is 5.69 Å². The lowest BCUT2D eigenvalue weighted by Gasteiger charge is -2.06. The Kier molecular flexibility index (Phi) is 4.15. The van der Waals surface area contributed by atoms with E-state index < -0.39 is 17.1 Å². The molecule has 0 amide bonds. The molecule has 7 nitrogen and oxygen atoms in total. The van der Waals surface area contributed by atoms with Crippen LogP contribution in [0.5, 0.6) is 5.88 Å². The largest absolute Gasteiger partial charge is 0.493 e. The van der Waals surface area contributed by atoms with Crippen molar-refractivity contribution in [1.82, 2.24) is 9.13 Å². The highest BCUT2D eigenvalue weighted by molar-refractivity contribution is 6.43. The van der Waals surface area contributed by atoms with Crippen LogP contribution in [-0.2, 0) is 14.1 Å². The van der Waals surface area contributed by atoms with Gasteiger partial charge in [-0.2, -0.15) is 0 Å². The van der Waals surface area contributed by atoms with Gasteiger partial charge in [-0.1, -0.05) is 29.3 Å². The lowest BCUT2D eigenvalue weighted by Crippen LogP contribution is -2.36. The highest BCUT2D eigenvalue weighted by Crippen LogP contribution is 2.33. The van der Waals surface area contributed by atoms with E-state index in [4.69, 9.17) is 23.2 Å². The van der Waals surface area contributed by atoms with E-state index >= 15 is 0 Å². The van der Waals surface area contributed by atoms with Gasteiger partial charge >= 0.3 is 5.69 Å². The van der Waals surface area contributed by atoms with Crippen molar-refractivity contribution in [1.29, 1.82) is 0 Å². The van der Waals surface area contributed by atoms with Crippen molar-refractivity contribution >= 4 is 34.6 Å². The van der Waals surface area contributed by atoms with Gasteiger partial charge < -0.3 is 5.11 Å². The van der Waals surface area contributed by atoms with Crippen LogP contribution in [0.25, 0.3) is 0 Å². The summed E-state index contributed by atoms with van der Waals surface area (Å²) in [5.41, 5.74) is -1.56. The molecule has 1 heterocycles. The lowest BCUT2D eigenvalue weighted by atomic mass is 10.3. The second-order valence-electron chi connectivity index (χ2n) is 4.15. The van der Waals surface area contributed by atoms with Crippen LogP contribution in [0.4, 0.5) is 11.4 Å². The molecular weight excluding hydrogens is 319 g/mol. The number of aromatic hydroxyl groups is 1. The van der Waals surface area contributed by atoms with Gasteiger partial charge in [0.05, 0.1) is 10.0 Å². The molecule has 1 aromatic heterocycles. The normalized spacial score (nSPS) is 11.2. The zero-order chi connectivity index (χ0) is 15.7. The molecule has 0 aliphatic heterocycles. The molecule has 21 heavy (non-hydrogen) atoms. The van der Waals surface area contributed by atoms with E-state index in [-0.39, 0.29) is 21.4 Å². The molecule has 110 valence electrons. The first kappa shape index (κ1) is 15.3. The maximum absolute atomic E-state index is 11.9. The van der Waals surface area contributed by atoms with E-state index in [0.29, 0.717) is 0 Å². The average molecular weight is 329 g/mol. The van der Waals surface area contributed by atoms with Crippen LogP contribution < -0.4 is 11.2 Å². The predicted molar refractivity (Wildman–Crippen MR) is 79.2 cm³/mol. The molecular formula is C12H10Cl2N4O3. The van der Waals surface area contributed by atoms with E-state index in [2.05, 4.69) is 10.2 Å². The highest BCUT2D eigenvalue weighted by atomic mass is 35.5. The van der Waals surface area contributed by atoms with Crippen molar-refractivity contribution in [2.24, 2.45) is 24.3 Å². The molecule has 2 aromatic rings. The van der Waals surface area contributed by atoms with Crippen LogP contribution >= 0.6 is 23.2 Å².